The highest BCUT2D eigenvalue weighted by Crippen LogP contribution is 2.28. The van der Waals surface area contributed by atoms with Crippen LogP contribution in [-0.4, -0.2) is 29.8 Å². The molecule has 4 nitrogen and oxygen atoms in total. The van der Waals surface area contributed by atoms with Gasteiger partial charge >= 0.3 is 0 Å². The van der Waals surface area contributed by atoms with Gasteiger partial charge in [0.2, 0.25) is 5.88 Å². The smallest absolute Gasteiger partial charge is 0.232 e. The van der Waals surface area contributed by atoms with Crippen LogP contribution >= 0.6 is 11.6 Å². The number of pyridine rings is 1. The first kappa shape index (κ1) is 16.5. The summed E-state index contributed by atoms with van der Waals surface area (Å²) in [6.07, 6.45) is 5.26. The van der Waals surface area contributed by atoms with Crippen LogP contribution in [0, 0.1) is 0 Å². The third kappa shape index (κ3) is 5.13. The first-order valence-electron chi connectivity index (χ1n) is 7.75. The summed E-state index contributed by atoms with van der Waals surface area (Å²) in [6.45, 7) is 8.07. The van der Waals surface area contributed by atoms with Crippen LogP contribution in [0.1, 0.15) is 45.6 Å². The van der Waals surface area contributed by atoms with Gasteiger partial charge in [0.05, 0.1) is 12.2 Å². The molecule has 0 spiro atoms. The maximum absolute atomic E-state index is 6.29. The molecule has 1 fully saturated rings. The van der Waals surface area contributed by atoms with Gasteiger partial charge in [-0.2, -0.15) is 0 Å². The second-order valence-electron chi connectivity index (χ2n) is 5.78. The zero-order chi connectivity index (χ0) is 15.2. The van der Waals surface area contributed by atoms with Gasteiger partial charge < -0.3 is 14.8 Å². The molecule has 0 amide bonds. The molecule has 2 atom stereocenters. The van der Waals surface area contributed by atoms with E-state index in [-0.39, 0.29) is 18.3 Å². The van der Waals surface area contributed by atoms with Gasteiger partial charge in [-0.15, -0.1) is 0 Å². The monoisotopic (exact) mass is 312 g/mol. The van der Waals surface area contributed by atoms with Gasteiger partial charge in [-0.25, -0.2) is 4.98 Å². The third-order valence-electron chi connectivity index (χ3n) is 3.55. The molecule has 0 radical (unpaired) electrons. The van der Waals surface area contributed by atoms with Crippen molar-refractivity contribution in [1.29, 1.82) is 0 Å². The second-order valence-corrected chi connectivity index (χ2v) is 6.18. The van der Waals surface area contributed by atoms with Gasteiger partial charge in [-0.3, -0.25) is 0 Å². The molecule has 0 aromatic carbocycles. The van der Waals surface area contributed by atoms with Crippen molar-refractivity contribution in [2.45, 2.75) is 64.9 Å². The van der Waals surface area contributed by atoms with Gasteiger partial charge in [0, 0.05) is 25.6 Å². The molecule has 0 saturated carbocycles. The third-order valence-corrected chi connectivity index (χ3v) is 3.82. The largest absolute Gasteiger partial charge is 0.473 e. The zero-order valence-corrected chi connectivity index (χ0v) is 13.8. The average Bonchev–Trinajstić information content (AvgIpc) is 2.41. The van der Waals surface area contributed by atoms with Crippen molar-refractivity contribution >= 4 is 11.6 Å². The van der Waals surface area contributed by atoms with E-state index in [9.17, 15) is 0 Å². The van der Waals surface area contributed by atoms with Crippen molar-refractivity contribution in [3.05, 3.63) is 22.8 Å². The van der Waals surface area contributed by atoms with Crippen molar-refractivity contribution < 1.29 is 9.47 Å². The predicted octanol–water partition coefficient (Wildman–Crippen LogP) is 3.57. The Bertz CT molecular complexity index is 446. The van der Waals surface area contributed by atoms with E-state index in [0.29, 0.717) is 10.9 Å². The number of hydrogen-bond acceptors (Lipinski definition) is 4. The topological polar surface area (TPSA) is 43.4 Å². The van der Waals surface area contributed by atoms with Crippen LogP contribution < -0.4 is 10.1 Å². The molecule has 5 heteroatoms. The average molecular weight is 313 g/mol. The zero-order valence-electron chi connectivity index (χ0n) is 13.1. The van der Waals surface area contributed by atoms with E-state index in [1.807, 2.05) is 12.3 Å². The van der Waals surface area contributed by atoms with Crippen molar-refractivity contribution in [2.24, 2.45) is 0 Å². The maximum Gasteiger partial charge on any atom is 0.232 e. The highest BCUT2D eigenvalue weighted by molar-refractivity contribution is 6.31. The minimum absolute atomic E-state index is 0.123. The lowest BCUT2D eigenvalue weighted by Crippen LogP contribution is -2.35. The van der Waals surface area contributed by atoms with Crippen LogP contribution in [0.3, 0.4) is 0 Å². The van der Waals surface area contributed by atoms with Crippen LogP contribution in [0.15, 0.2) is 12.3 Å². The Morgan fingerprint density at radius 3 is 2.71 bits per heavy atom. The minimum atomic E-state index is 0.123. The number of nitrogens with one attached hydrogen (secondary N) is 1. The summed E-state index contributed by atoms with van der Waals surface area (Å²) in [7, 11) is 0. The predicted molar refractivity (Wildman–Crippen MR) is 84.9 cm³/mol. The molecule has 1 N–H and O–H groups in total. The summed E-state index contributed by atoms with van der Waals surface area (Å²) < 4.78 is 11.7. The van der Waals surface area contributed by atoms with Crippen molar-refractivity contribution in [2.75, 3.05) is 6.54 Å². The first-order chi connectivity index (χ1) is 10.1. The number of ether oxygens (including phenoxy) is 2. The first-order valence-corrected chi connectivity index (χ1v) is 8.13. The van der Waals surface area contributed by atoms with E-state index in [1.165, 1.54) is 0 Å². The van der Waals surface area contributed by atoms with Crippen molar-refractivity contribution in [3.63, 3.8) is 0 Å². The lowest BCUT2D eigenvalue weighted by atomic mass is 10.0. The quantitative estimate of drug-likeness (QED) is 0.816. The fourth-order valence-corrected chi connectivity index (χ4v) is 2.89. The molecule has 1 aromatic heterocycles. The Kier molecular flexibility index (Phi) is 6.27. The Morgan fingerprint density at radius 2 is 2.10 bits per heavy atom. The standard InChI is InChI=1S/C16H25ClN2O2/c1-4-5-18-9-13-8-15(17)16(19-10-13)21-14-6-11(2)20-12(3)7-14/h8,10-12,14,18H,4-7,9H2,1-3H3. The van der Waals surface area contributed by atoms with Gasteiger partial charge in [0.1, 0.15) is 11.1 Å². The van der Waals surface area contributed by atoms with Gasteiger partial charge in [0.25, 0.3) is 0 Å². The van der Waals surface area contributed by atoms with E-state index < -0.39 is 0 Å². The number of nitrogens with zero attached hydrogens (tertiary/aromatic N) is 1. The van der Waals surface area contributed by atoms with Gasteiger partial charge in [0.15, 0.2) is 0 Å². The molecule has 0 aliphatic carbocycles. The van der Waals surface area contributed by atoms with Crippen LogP contribution in [0.2, 0.25) is 5.02 Å². The number of halogens is 1. The summed E-state index contributed by atoms with van der Waals surface area (Å²) >= 11 is 6.29. The summed E-state index contributed by atoms with van der Waals surface area (Å²) in [6, 6.07) is 1.93. The number of rotatable bonds is 6. The highest BCUT2D eigenvalue weighted by Gasteiger charge is 2.26. The summed E-state index contributed by atoms with van der Waals surface area (Å²) in [5.41, 5.74) is 1.08. The Labute approximate surface area is 132 Å². The van der Waals surface area contributed by atoms with E-state index >= 15 is 0 Å². The lowest BCUT2D eigenvalue weighted by molar-refractivity contribution is -0.0729. The summed E-state index contributed by atoms with van der Waals surface area (Å²) in [4.78, 5) is 4.37. The van der Waals surface area contributed by atoms with Crippen LogP contribution in [0.5, 0.6) is 5.88 Å². The molecule has 21 heavy (non-hydrogen) atoms. The molecule has 1 aliphatic heterocycles. The molecule has 2 unspecified atom stereocenters. The molecule has 1 aromatic rings. The van der Waals surface area contributed by atoms with Gasteiger partial charge in [-0.05, 0) is 38.4 Å². The lowest BCUT2D eigenvalue weighted by Gasteiger charge is -2.32. The van der Waals surface area contributed by atoms with Crippen molar-refractivity contribution in [1.82, 2.24) is 10.3 Å². The van der Waals surface area contributed by atoms with E-state index in [2.05, 4.69) is 31.1 Å². The van der Waals surface area contributed by atoms with E-state index in [4.69, 9.17) is 21.1 Å². The Hall–Kier alpha value is -0.840. The minimum Gasteiger partial charge on any atom is -0.473 e. The van der Waals surface area contributed by atoms with Crippen molar-refractivity contribution in [3.8, 4) is 5.88 Å². The molecular formula is C16H25ClN2O2. The molecule has 2 heterocycles. The van der Waals surface area contributed by atoms with E-state index in [1.54, 1.807) is 0 Å². The Morgan fingerprint density at radius 1 is 1.38 bits per heavy atom. The molecule has 2 rings (SSSR count). The summed E-state index contributed by atoms with van der Waals surface area (Å²) in [5, 5.41) is 3.92. The maximum atomic E-state index is 6.29. The molecule has 1 aliphatic rings. The Balaban J connectivity index is 1.94. The normalized spacial score (nSPS) is 25.8. The van der Waals surface area contributed by atoms with E-state index in [0.717, 1.165) is 37.9 Å². The number of aromatic nitrogens is 1. The van der Waals surface area contributed by atoms with Crippen LogP contribution in [-0.2, 0) is 11.3 Å². The molecule has 0 bridgehead atoms. The fourth-order valence-electron chi connectivity index (χ4n) is 2.66. The summed E-state index contributed by atoms with van der Waals surface area (Å²) in [5.74, 6) is 0.530. The molecule has 118 valence electrons. The van der Waals surface area contributed by atoms with Gasteiger partial charge in [-0.1, -0.05) is 18.5 Å². The SMILES string of the molecule is CCCNCc1cnc(OC2CC(C)OC(C)C2)c(Cl)c1. The fraction of sp³-hybridized carbons (Fsp3) is 0.688. The molecule has 1 saturated heterocycles. The van der Waals surface area contributed by atoms with Crippen LogP contribution in [0.4, 0.5) is 0 Å². The highest BCUT2D eigenvalue weighted by atomic mass is 35.5. The van der Waals surface area contributed by atoms with Crippen LogP contribution in [0.25, 0.3) is 0 Å². The molecular weight excluding hydrogens is 288 g/mol. The second kappa shape index (κ2) is 7.97. The number of hydrogen-bond donors (Lipinski definition) is 1.